The van der Waals surface area contributed by atoms with E-state index in [4.69, 9.17) is 4.74 Å². The molecule has 1 aromatic heterocycles. The van der Waals surface area contributed by atoms with Crippen LogP contribution in [-0.4, -0.2) is 36.8 Å². The molecule has 0 fully saturated rings. The zero-order valence-corrected chi connectivity index (χ0v) is 11.8. The van der Waals surface area contributed by atoms with Gasteiger partial charge in [0.05, 0.1) is 19.0 Å². The highest BCUT2D eigenvalue weighted by molar-refractivity contribution is 5.89. The molecule has 0 saturated carbocycles. The van der Waals surface area contributed by atoms with E-state index in [2.05, 4.69) is 9.72 Å². The summed E-state index contributed by atoms with van der Waals surface area (Å²) in [4.78, 5) is 28.3. The van der Waals surface area contributed by atoms with Gasteiger partial charge in [-0.05, 0) is 32.9 Å². The predicted molar refractivity (Wildman–Crippen MR) is 70.2 cm³/mol. The standard InChI is InChI=1S/C13H18N2O4/c1-13(2,3)19-12(17)15(4)9-6-7-10(14-8-9)11(16)18-5/h6-8H,1-5H3. The van der Waals surface area contributed by atoms with Crippen LogP contribution in [0.4, 0.5) is 10.5 Å². The molecular weight excluding hydrogens is 248 g/mol. The molecule has 0 radical (unpaired) electrons. The molecule has 0 N–H and O–H groups in total. The van der Waals surface area contributed by atoms with E-state index in [1.54, 1.807) is 33.9 Å². The number of esters is 1. The first kappa shape index (κ1) is 14.9. The smallest absolute Gasteiger partial charge is 0.414 e. The lowest BCUT2D eigenvalue weighted by molar-refractivity contribution is 0.0584. The van der Waals surface area contributed by atoms with Crippen molar-refractivity contribution in [2.24, 2.45) is 0 Å². The van der Waals surface area contributed by atoms with Crippen LogP contribution in [0.3, 0.4) is 0 Å². The van der Waals surface area contributed by atoms with Gasteiger partial charge in [0.25, 0.3) is 0 Å². The molecule has 0 unspecified atom stereocenters. The van der Waals surface area contributed by atoms with Crippen molar-refractivity contribution in [3.63, 3.8) is 0 Å². The Morgan fingerprint density at radius 1 is 1.26 bits per heavy atom. The minimum absolute atomic E-state index is 0.184. The molecule has 6 nitrogen and oxygen atoms in total. The number of rotatable bonds is 2. The van der Waals surface area contributed by atoms with Gasteiger partial charge >= 0.3 is 12.1 Å². The van der Waals surface area contributed by atoms with Crippen LogP contribution in [0.25, 0.3) is 0 Å². The van der Waals surface area contributed by atoms with Crippen LogP contribution < -0.4 is 4.90 Å². The second kappa shape index (κ2) is 5.69. The average Bonchev–Trinajstić information content (AvgIpc) is 2.35. The van der Waals surface area contributed by atoms with Crippen LogP contribution in [0.1, 0.15) is 31.3 Å². The van der Waals surface area contributed by atoms with E-state index in [1.807, 2.05) is 0 Å². The van der Waals surface area contributed by atoms with Crippen LogP contribution in [0.5, 0.6) is 0 Å². The molecule has 104 valence electrons. The second-order valence-electron chi connectivity index (χ2n) is 4.93. The molecule has 0 aromatic carbocycles. The van der Waals surface area contributed by atoms with Crippen LogP contribution in [0.2, 0.25) is 0 Å². The summed E-state index contributed by atoms with van der Waals surface area (Å²) in [6.45, 7) is 5.37. The molecule has 19 heavy (non-hydrogen) atoms. The van der Waals surface area contributed by atoms with Crippen LogP contribution >= 0.6 is 0 Å². The Bertz CT molecular complexity index is 463. The lowest BCUT2D eigenvalue weighted by atomic mass is 10.2. The SMILES string of the molecule is COC(=O)c1ccc(N(C)C(=O)OC(C)(C)C)cn1. The van der Waals surface area contributed by atoms with Crippen LogP contribution in [-0.2, 0) is 9.47 Å². The summed E-state index contributed by atoms with van der Waals surface area (Å²) in [6, 6.07) is 3.09. The van der Waals surface area contributed by atoms with Crippen molar-refractivity contribution in [1.82, 2.24) is 4.98 Å². The Morgan fingerprint density at radius 2 is 1.89 bits per heavy atom. The summed E-state index contributed by atoms with van der Waals surface area (Å²) in [5.41, 5.74) is 0.149. The van der Waals surface area contributed by atoms with E-state index in [-0.39, 0.29) is 5.69 Å². The maximum absolute atomic E-state index is 11.8. The van der Waals surface area contributed by atoms with Crippen molar-refractivity contribution in [2.75, 3.05) is 19.1 Å². The van der Waals surface area contributed by atoms with Crippen molar-refractivity contribution < 1.29 is 19.1 Å². The number of methoxy groups -OCH3 is 1. The molecule has 6 heteroatoms. The highest BCUT2D eigenvalue weighted by atomic mass is 16.6. The van der Waals surface area contributed by atoms with E-state index in [0.29, 0.717) is 5.69 Å². The van der Waals surface area contributed by atoms with Crippen LogP contribution in [0, 0.1) is 0 Å². The molecule has 0 spiro atoms. The summed E-state index contributed by atoms with van der Waals surface area (Å²) < 4.78 is 9.76. The highest BCUT2D eigenvalue weighted by Crippen LogP contribution is 2.16. The number of amides is 1. The highest BCUT2D eigenvalue weighted by Gasteiger charge is 2.21. The number of nitrogens with zero attached hydrogens (tertiary/aromatic N) is 2. The number of anilines is 1. The number of carbonyl (C=O) groups is 2. The van der Waals surface area contributed by atoms with Crippen LogP contribution in [0.15, 0.2) is 18.3 Å². The number of ether oxygens (including phenoxy) is 2. The molecule has 0 aliphatic rings. The van der Waals surface area contributed by atoms with Gasteiger partial charge in [-0.15, -0.1) is 0 Å². The Balaban J connectivity index is 2.80. The zero-order chi connectivity index (χ0) is 14.6. The number of hydrogen-bond acceptors (Lipinski definition) is 5. The molecule has 0 saturated heterocycles. The summed E-state index contributed by atoms with van der Waals surface area (Å²) >= 11 is 0. The summed E-state index contributed by atoms with van der Waals surface area (Å²) in [5.74, 6) is -0.522. The van der Waals surface area contributed by atoms with E-state index in [9.17, 15) is 9.59 Å². The lowest BCUT2D eigenvalue weighted by Crippen LogP contribution is -2.34. The van der Waals surface area contributed by atoms with Gasteiger partial charge in [0, 0.05) is 7.05 Å². The Morgan fingerprint density at radius 3 is 2.32 bits per heavy atom. The molecule has 0 bridgehead atoms. The van der Waals surface area contributed by atoms with Crippen molar-refractivity contribution in [3.8, 4) is 0 Å². The van der Waals surface area contributed by atoms with Crippen molar-refractivity contribution in [1.29, 1.82) is 0 Å². The first-order valence-corrected chi connectivity index (χ1v) is 5.75. The fourth-order valence-corrected chi connectivity index (χ4v) is 1.25. The minimum atomic E-state index is -0.565. The summed E-state index contributed by atoms with van der Waals surface area (Å²) in [6.07, 6.45) is 0.927. The van der Waals surface area contributed by atoms with Gasteiger partial charge in [0.1, 0.15) is 11.3 Å². The number of pyridine rings is 1. The largest absolute Gasteiger partial charge is 0.464 e. The number of carbonyl (C=O) groups excluding carboxylic acids is 2. The monoisotopic (exact) mass is 266 g/mol. The lowest BCUT2D eigenvalue weighted by Gasteiger charge is -2.24. The molecule has 1 aromatic rings. The maximum Gasteiger partial charge on any atom is 0.414 e. The van der Waals surface area contributed by atoms with Gasteiger partial charge in [-0.3, -0.25) is 4.90 Å². The average molecular weight is 266 g/mol. The predicted octanol–water partition coefficient (Wildman–Crippen LogP) is 2.24. The fourth-order valence-electron chi connectivity index (χ4n) is 1.25. The van der Waals surface area contributed by atoms with Gasteiger partial charge in [-0.2, -0.15) is 0 Å². The molecule has 1 amide bonds. The molecule has 1 rings (SSSR count). The van der Waals surface area contributed by atoms with Crippen molar-refractivity contribution >= 4 is 17.7 Å². The van der Waals surface area contributed by atoms with E-state index < -0.39 is 17.7 Å². The topological polar surface area (TPSA) is 68.7 Å². The van der Waals surface area contributed by atoms with Gasteiger partial charge in [0.2, 0.25) is 0 Å². The number of hydrogen-bond donors (Lipinski definition) is 0. The van der Waals surface area contributed by atoms with Crippen molar-refractivity contribution in [3.05, 3.63) is 24.0 Å². The van der Waals surface area contributed by atoms with Gasteiger partial charge < -0.3 is 9.47 Å². The quantitative estimate of drug-likeness (QED) is 0.768. The van der Waals surface area contributed by atoms with Crippen molar-refractivity contribution in [2.45, 2.75) is 26.4 Å². The van der Waals surface area contributed by atoms with E-state index in [0.717, 1.165) is 0 Å². The summed E-state index contributed by atoms with van der Waals surface area (Å²) in [7, 11) is 2.85. The molecule has 0 aliphatic carbocycles. The van der Waals surface area contributed by atoms with E-state index >= 15 is 0 Å². The van der Waals surface area contributed by atoms with Gasteiger partial charge in [0.15, 0.2) is 0 Å². The third kappa shape index (κ3) is 4.24. The maximum atomic E-state index is 11.8. The second-order valence-corrected chi connectivity index (χ2v) is 4.93. The minimum Gasteiger partial charge on any atom is -0.464 e. The number of aromatic nitrogens is 1. The summed E-state index contributed by atoms with van der Waals surface area (Å²) in [5, 5.41) is 0. The molecule has 0 atom stereocenters. The van der Waals surface area contributed by atoms with E-state index in [1.165, 1.54) is 24.3 Å². The third-order valence-corrected chi connectivity index (χ3v) is 2.20. The van der Waals surface area contributed by atoms with Gasteiger partial charge in [-0.25, -0.2) is 14.6 Å². The first-order valence-electron chi connectivity index (χ1n) is 5.75. The Hall–Kier alpha value is -2.11. The molecular formula is C13H18N2O4. The van der Waals surface area contributed by atoms with Gasteiger partial charge in [-0.1, -0.05) is 0 Å². The Kier molecular flexibility index (Phi) is 4.47. The first-order chi connectivity index (χ1) is 8.74. The Labute approximate surface area is 112 Å². The molecule has 1 heterocycles. The molecule has 0 aliphatic heterocycles. The fraction of sp³-hybridized carbons (Fsp3) is 0.462. The zero-order valence-electron chi connectivity index (χ0n) is 11.8. The third-order valence-electron chi connectivity index (χ3n) is 2.20. The normalized spacial score (nSPS) is 10.8.